The summed E-state index contributed by atoms with van der Waals surface area (Å²) in [7, 11) is 0. The Morgan fingerprint density at radius 3 is 2.62 bits per heavy atom. The number of halogens is 3. The van der Waals surface area contributed by atoms with Crippen molar-refractivity contribution in [1.29, 1.82) is 0 Å². The zero-order chi connectivity index (χ0) is 12.1. The van der Waals surface area contributed by atoms with Crippen LogP contribution >= 0.6 is 0 Å². The van der Waals surface area contributed by atoms with Gasteiger partial charge in [-0.15, -0.1) is 6.58 Å². The summed E-state index contributed by atoms with van der Waals surface area (Å²) in [4.78, 5) is 11.4. The van der Waals surface area contributed by atoms with Crippen LogP contribution in [0.2, 0.25) is 0 Å². The molecule has 0 aliphatic rings. The maximum absolute atomic E-state index is 13.1. The minimum absolute atomic E-state index is 0.159. The summed E-state index contributed by atoms with van der Waals surface area (Å²) in [5.74, 6) is -5.04. The number of Topliss-reactive ketones (excluding diaryl/α,β-unsaturated/α-hetero) is 1. The van der Waals surface area contributed by atoms with E-state index in [-0.39, 0.29) is 6.54 Å². The Bertz CT molecular complexity index is 418. The van der Waals surface area contributed by atoms with Gasteiger partial charge in [0.25, 0.3) is 0 Å². The number of nitrogens with one attached hydrogen (secondary N) is 1. The first kappa shape index (κ1) is 12.4. The molecule has 0 bridgehead atoms. The molecule has 1 N–H and O–H groups in total. The van der Waals surface area contributed by atoms with Crippen molar-refractivity contribution in [3.8, 4) is 0 Å². The Kier molecular flexibility index (Phi) is 4.25. The molecule has 0 aromatic heterocycles. The molecule has 1 rings (SSSR count). The van der Waals surface area contributed by atoms with Gasteiger partial charge >= 0.3 is 0 Å². The molecule has 0 atom stereocenters. The van der Waals surface area contributed by atoms with Crippen LogP contribution in [0, 0.1) is 17.5 Å². The van der Waals surface area contributed by atoms with E-state index < -0.39 is 28.8 Å². The first-order valence-electron chi connectivity index (χ1n) is 4.56. The lowest BCUT2D eigenvalue weighted by Crippen LogP contribution is -2.24. The predicted octanol–water partition coefficient (Wildman–Crippen LogP) is 2.06. The van der Waals surface area contributed by atoms with Crippen molar-refractivity contribution >= 4 is 5.78 Å². The molecule has 0 spiro atoms. The van der Waals surface area contributed by atoms with Crippen LogP contribution < -0.4 is 5.32 Å². The van der Waals surface area contributed by atoms with E-state index in [1.165, 1.54) is 6.08 Å². The summed E-state index contributed by atoms with van der Waals surface area (Å²) in [6, 6.07) is 1.64. The maximum Gasteiger partial charge on any atom is 0.195 e. The van der Waals surface area contributed by atoms with Crippen LogP contribution in [0.1, 0.15) is 10.4 Å². The molecule has 0 aliphatic heterocycles. The molecule has 0 radical (unpaired) electrons. The molecule has 16 heavy (non-hydrogen) atoms. The van der Waals surface area contributed by atoms with Gasteiger partial charge in [0.15, 0.2) is 23.2 Å². The maximum atomic E-state index is 13.1. The molecule has 0 saturated heterocycles. The SMILES string of the molecule is C=CCNCC(=O)c1ccc(F)c(F)c1F. The van der Waals surface area contributed by atoms with Crippen LogP contribution in [0.4, 0.5) is 13.2 Å². The monoisotopic (exact) mass is 229 g/mol. The van der Waals surface area contributed by atoms with Gasteiger partial charge in [-0.05, 0) is 12.1 Å². The van der Waals surface area contributed by atoms with E-state index in [1.54, 1.807) is 0 Å². The quantitative estimate of drug-likeness (QED) is 0.362. The molecule has 0 saturated carbocycles. The van der Waals surface area contributed by atoms with E-state index in [2.05, 4.69) is 11.9 Å². The highest BCUT2D eigenvalue weighted by atomic mass is 19.2. The third-order valence-electron chi connectivity index (χ3n) is 1.91. The Balaban J connectivity index is 2.84. The zero-order valence-electron chi connectivity index (χ0n) is 8.40. The van der Waals surface area contributed by atoms with Gasteiger partial charge in [0.1, 0.15) is 0 Å². The van der Waals surface area contributed by atoms with Crippen molar-refractivity contribution in [3.05, 3.63) is 47.8 Å². The molecule has 5 heteroatoms. The second kappa shape index (κ2) is 5.46. The number of hydrogen-bond acceptors (Lipinski definition) is 2. The van der Waals surface area contributed by atoms with Gasteiger partial charge in [-0.25, -0.2) is 13.2 Å². The van der Waals surface area contributed by atoms with E-state index in [1.807, 2.05) is 0 Å². The zero-order valence-corrected chi connectivity index (χ0v) is 8.40. The molecule has 1 aromatic rings. The Morgan fingerprint density at radius 2 is 2.00 bits per heavy atom. The summed E-state index contributed by atoms with van der Waals surface area (Å²) in [5.41, 5.74) is -0.463. The number of carbonyl (C=O) groups excluding carboxylic acids is 1. The molecule has 1 aromatic carbocycles. The number of benzene rings is 1. The van der Waals surface area contributed by atoms with Gasteiger partial charge in [-0.2, -0.15) is 0 Å². The molecule has 2 nitrogen and oxygen atoms in total. The molecule has 0 fully saturated rings. The fourth-order valence-corrected chi connectivity index (χ4v) is 1.12. The van der Waals surface area contributed by atoms with Crippen molar-refractivity contribution < 1.29 is 18.0 Å². The van der Waals surface area contributed by atoms with Gasteiger partial charge in [0.05, 0.1) is 12.1 Å². The lowest BCUT2D eigenvalue weighted by Gasteiger charge is -2.04. The topological polar surface area (TPSA) is 29.1 Å². The van der Waals surface area contributed by atoms with Crippen molar-refractivity contribution in [1.82, 2.24) is 5.32 Å². The Hall–Kier alpha value is -1.62. The smallest absolute Gasteiger partial charge is 0.195 e. The van der Waals surface area contributed by atoms with E-state index in [0.29, 0.717) is 6.54 Å². The lowest BCUT2D eigenvalue weighted by atomic mass is 10.1. The van der Waals surface area contributed by atoms with Gasteiger partial charge in [-0.3, -0.25) is 4.79 Å². The van der Waals surface area contributed by atoms with E-state index >= 15 is 0 Å². The molecular formula is C11H10F3NO. The molecular weight excluding hydrogens is 219 g/mol. The highest BCUT2D eigenvalue weighted by Gasteiger charge is 2.17. The highest BCUT2D eigenvalue weighted by molar-refractivity contribution is 5.97. The van der Waals surface area contributed by atoms with E-state index in [4.69, 9.17) is 0 Å². The Labute approximate surface area is 90.8 Å². The summed E-state index contributed by atoms with van der Waals surface area (Å²) in [5, 5.41) is 2.64. The predicted molar refractivity (Wildman–Crippen MR) is 53.7 cm³/mol. The first-order valence-corrected chi connectivity index (χ1v) is 4.56. The van der Waals surface area contributed by atoms with E-state index in [0.717, 1.165) is 12.1 Å². The van der Waals surface area contributed by atoms with Gasteiger partial charge in [0.2, 0.25) is 0 Å². The fraction of sp³-hybridized carbons (Fsp3) is 0.182. The number of carbonyl (C=O) groups is 1. The van der Waals surface area contributed by atoms with Crippen LogP contribution in [0.15, 0.2) is 24.8 Å². The lowest BCUT2D eigenvalue weighted by molar-refractivity contribution is 0.0987. The third-order valence-corrected chi connectivity index (χ3v) is 1.91. The van der Waals surface area contributed by atoms with Crippen molar-refractivity contribution in [3.63, 3.8) is 0 Å². The summed E-state index contributed by atoms with van der Waals surface area (Å²) in [6.45, 7) is 3.63. The average molecular weight is 229 g/mol. The van der Waals surface area contributed by atoms with Crippen molar-refractivity contribution in [2.24, 2.45) is 0 Å². The fourth-order valence-electron chi connectivity index (χ4n) is 1.12. The number of hydrogen-bond donors (Lipinski definition) is 1. The van der Waals surface area contributed by atoms with E-state index in [9.17, 15) is 18.0 Å². The van der Waals surface area contributed by atoms with Crippen molar-refractivity contribution in [2.45, 2.75) is 0 Å². The first-order chi connectivity index (χ1) is 7.57. The summed E-state index contributed by atoms with van der Waals surface area (Å²) < 4.78 is 38.5. The van der Waals surface area contributed by atoms with Crippen LogP contribution in [0.5, 0.6) is 0 Å². The Morgan fingerprint density at radius 1 is 1.31 bits per heavy atom. The van der Waals surface area contributed by atoms with Gasteiger partial charge in [-0.1, -0.05) is 6.08 Å². The number of ketones is 1. The highest BCUT2D eigenvalue weighted by Crippen LogP contribution is 2.15. The van der Waals surface area contributed by atoms with Gasteiger partial charge < -0.3 is 5.32 Å². The molecule has 86 valence electrons. The molecule has 0 heterocycles. The summed E-state index contributed by atoms with van der Waals surface area (Å²) in [6.07, 6.45) is 1.52. The molecule has 0 unspecified atom stereocenters. The van der Waals surface area contributed by atoms with Gasteiger partial charge in [0, 0.05) is 6.54 Å². The standard InChI is InChI=1S/C11H10F3NO/c1-2-5-15-6-9(16)7-3-4-8(12)11(14)10(7)13/h2-4,15H,1,5-6H2. The van der Waals surface area contributed by atoms with Crippen LogP contribution in [0.3, 0.4) is 0 Å². The van der Waals surface area contributed by atoms with Crippen LogP contribution in [-0.4, -0.2) is 18.9 Å². The third kappa shape index (κ3) is 2.70. The number of rotatable bonds is 5. The normalized spacial score (nSPS) is 10.2. The van der Waals surface area contributed by atoms with Crippen LogP contribution in [-0.2, 0) is 0 Å². The average Bonchev–Trinajstić information content (AvgIpc) is 2.26. The second-order valence-corrected chi connectivity index (χ2v) is 3.07. The van der Waals surface area contributed by atoms with Crippen molar-refractivity contribution in [2.75, 3.05) is 13.1 Å². The molecule has 0 amide bonds. The summed E-state index contributed by atoms with van der Waals surface area (Å²) >= 11 is 0. The minimum Gasteiger partial charge on any atom is -0.306 e. The second-order valence-electron chi connectivity index (χ2n) is 3.07. The van der Waals surface area contributed by atoms with Crippen LogP contribution in [0.25, 0.3) is 0 Å². The minimum atomic E-state index is -1.63. The largest absolute Gasteiger partial charge is 0.306 e. The molecule has 0 aliphatic carbocycles.